The second-order valence-corrected chi connectivity index (χ2v) is 6.86. The van der Waals surface area contributed by atoms with Crippen LogP contribution in [-0.2, 0) is 19.5 Å². The molecule has 2 aromatic heterocycles. The van der Waals surface area contributed by atoms with Gasteiger partial charge in [0.2, 0.25) is 0 Å². The summed E-state index contributed by atoms with van der Waals surface area (Å²) in [4.78, 5) is 31.6. The van der Waals surface area contributed by atoms with Crippen molar-refractivity contribution in [3.63, 3.8) is 0 Å². The van der Waals surface area contributed by atoms with Gasteiger partial charge >= 0.3 is 0 Å². The Kier molecular flexibility index (Phi) is 4.44. The molecule has 6 heteroatoms. The molecule has 25 heavy (non-hydrogen) atoms. The fourth-order valence-corrected chi connectivity index (χ4v) is 3.56. The molecule has 0 spiro atoms. The largest absolute Gasteiger partial charge is 0.305 e. The van der Waals surface area contributed by atoms with E-state index < -0.39 is 0 Å². The van der Waals surface area contributed by atoms with Crippen molar-refractivity contribution < 1.29 is 0 Å². The summed E-state index contributed by atoms with van der Waals surface area (Å²) >= 11 is 0. The molecule has 0 fully saturated rings. The van der Waals surface area contributed by atoms with E-state index in [1.807, 2.05) is 25.1 Å². The van der Waals surface area contributed by atoms with Crippen molar-refractivity contribution in [3.8, 4) is 0 Å². The van der Waals surface area contributed by atoms with Gasteiger partial charge in [0, 0.05) is 38.3 Å². The minimum atomic E-state index is -0.0184. The topological polar surface area (TPSA) is 74.2 Å². The molecule has 0 unspecified atom stereocenters. The number of hydrogen-bond acceptors (Lipinski definition) is 5. The molecule has 4 heterocycles. The number of nitrogens with zero attached hydrogens (tertiary/aromatic N) is 4. The quantitative estimate of drug-likeness (QED) is 0.930. The minimum absolute atomic E-state index is 0.0184. The lowest BCUT2D eigenvalue weighted by Crippen LogP contribution is -2.36. The van der Waals surface area contributed by atoms with Crippen LogP contribution in [0.5, 0.6) is 0 Å². The fraction of sp³-hybridized carbons (Fsp3) is 0.474. The SMILES string of the molecule is Cc1cccc(CN2CCc3nc(C4=NCCCC4)[nH]c(=O)c3C2)n1. The summed E-state index contributed by atoms with van der Waals surface area (Å²) in [6.07, 6.45) is 3.95. The number of aryl methyl sites for hydroxylation is 1. The van der Waals surface area contributed by atoms with Crippen LogP contribution in [0.4, 0.5) is 0 Å². The Labute approximate surface area is 147 Å². The lowest BCUT2D eigenvalue weighted by Gasteiger charge is -2.27. The Morgan fingerprint density at radius 1 is 1.20 bits per heavy atom. The monoisotopic (exact) mass is 337 g/mol. The highest BCUT2D eigenvalue weighted by Crippen LogP contribution is 2.17. The highest BCUT2D eigenvalue weighted by atomic mass is 16.1. The molecule has 0 saturated carbocycles. The molecule has 2 aliphatic heterocycles. The van der Waals surface area contributed by atoms with Gasteiger partial charge in [-0.3, -0.25) is 19.7 Å². The lowest BCUT2D eigenvalue weighted by atomic mass is 10.0. The zero-order valence-electron chi connectivity index (χ0n) is 14.6. The molecule has 4 rings (SSSR count). The van der Waals surface area contributed by atoms with Crippen LogP contribution < -0.4 is 5.56 Å². The summed E-state index contributed by atoms with van der Waals surface area (Å²) < 4.78 is 0. The smallest absolute Gasteiger partial charge is 0.255 e. The maximum Gasteiger partial charge on any atom is 0.255 e. The summed E-state index contributed by atoms with van der Waals surface area (Å²) in [6.45, 7) is 5.12. The Morgan fingerprint density at radius 2 is 2.12 bits per heavy atom. The molecule has 2 aliphatic rings. The number of nitrogens with one attached hydrogen (secondary N) is 1. The number of fused-ring (bicyclic) bond motifs is 1. The fourth-order valence-electron chi connectivity index (χ4n) is 3.56. The number of hydrogen-bond donors (Lipinski definition) is 1. The Balaban J connectivity index is 1.55. The molecule has 0 aromatic carbocycles. The molecule has 0 radical (unpaired) electrons. The minimum Gasteiger partial charge on any atom is -0.305 e. The standard InChI is InChI=1S/C19H23N5O/c1-13-5-4-6-14(21-13)11-24-10-8-16-15(12-24)19(25)23-18(22-16)17-7-2-3-9-20-17/h4-6H,2-3,7-12H2,1H3,(H,22,23,25). The average molecular weight is 337 g/mol. The average Bonchev–Trinajstić information content (AvgIpc) is 2.63. The molecule has 0 aliphatic carbocycles. The van der Waals surface area contributed by atoms with Gasteiger partial charge in [-0.1, -0.05) is 6.07 Å². The molecule has 0 saturated heterocycles. The van der Waals surface area contributed by atoms with Crippen LogP contribution in [-0.4, -0.2) is 38.7 Å². The van der Waals surface area contributed by atoms with Gasteiger partial charge < -0.3 is 4.98 Å². The number of aromatic amines is 1. The van der Waals surface area contributed by atoms with Crippen LogP contribution in [0.25, 0.3) is 0 Å². The van der Waals surface area contributed by atoms with Crippen molar-refractivity contribution in [2.24, 2.45) is 4.99 Å². The van der Waals surface area contributed by atoms with Gasteiger partial charge in [0.1, 0.15) is 0 Å². The molecule has 130 valence electrons. The summed E-state index contributed by atoms with van der Waals surface area (Å²) in [5.41, 5.74) is 4.72. The molecule has 1 N–H and O–H groups in total. The van der Waals surface area contributed by atoms with E-state index in [1.54, 1.807) is 0 Å². The van der Waals surface area contributed by atoms with Crippen molar-refractivity contribution in [2.75, 3.05) is 13.1 Å². The Hall–Kier alpha value is -2.34. The first-order valence-electron chi connectivity index (χ1n) is 9.00. The van der Waals surface area contributed by atoms with E-state index in [2.05, 4.69) is 19.9 Å². The van der Waals surface area contributed by atoms with Crippen molar-refractivity contribution in [1.29, 1.82) is 0 Å². The molecule has 2 aromatic rings. The number of aliphatic imine (C=N–C) groups is 1. The second kappa shape index (κ2) is 6.88. The van der Waals surface area contributed by atoms with Gasteiger partial charge in [-0.25, -0.2) is 4.98 Å². The van der Waals surface area contributed by atoms with Gasteiger partial charge in [-0.2, -0.15) is 0 Å². The van der Waals surface area contributed by atoms with Gasteiger partial charge in [0.05, 0.1) is 22.7 Å². The van der Waals surface area contributed by atoms with Crippen LogP contribution in [0.1, 0.15) is 47.7 Å². The highest BCUT2D eigenvalue weighted by molar-refractivity contribution is 5.97. The van der Waals surface area contributed by atoms with Gasteiger partial charge in [-0.15, -0.1) is 0 Å². The summed E-state index contributed by atoms with van der Waals surface area (Å²) in [5, 5.41) is 0. The third-order valence-electron chi connectivity index (χ3n) is 4.88. The third-order valence-corrected chi connectivity index (χ3v) is 4.88. The number of H-pyrrole nitrogens is 1. The number of aromatic nitrogens is 3. The van der Waals surface area contributed by atoms with Crippen LogP contribution in [0.2, 0.25) is 0 Å². The number of rotatable bonds is 3. The van der Waals surface area contributed by atoms with E-state index in [0.29, 0.717) is 12.4 Å². The van der Waals surface area contributed by atoms with Gasteiger partial charge in [0.15, 0.2) is 5.82 Å². The van der Waals surface area contributed by atoms with Crippen LogP contribution in [0, 0.1) is 6.92 Å². The van der Waals surface area contributed by atoms with E-state index in [9.17, 15) is 4.79 Å². The van der Waals surface area contributed by atoms with Crippen molar-refractivity contribution in [2.45, 2.75) is 45.7 Å². The van der Waals surface area contributed by atoms with E-state index >= 15 is 0 Å². The second-order valence-electron chi connectivity index (χ2n) is 6.86. The summed E-state index contributed by atoms with van der Waals surface area (Å²) in [6, 6.07) is 6.07. The molecule has 6 nitrogen and oxygen atoms in total. The summed E-state index contributed by atoms with van der Waals surface area (Å²) in [5.74, 6) is 0.678. The first-order chi connectivity index (χ1) is 12.2. The molecular weight excluding hydrogens is 314 g/mol. The summed E-state index contributed by atoms with van der Waals surface area (Å²) in [7, 11) is 0. The van der Waals surface area contributed by atoms with Crippen molar-refractivity contribution in [3.05, 3.63) is 57.0 Å². The predicted molar refractivity (Wildman–Crippen MR) is 96.9 cm³/mol. The highest BCUT2D eigenvalue weighted by Gasteiger charge is 2.23. The first-order valence-corrected chi connectivity index (χ1v) is 9.00. The maximum atomic E-state index is 12.6. The van der Waals surface area contributed by atoms with Gasteiger partial charge in [-0.05, 0) is 38.3 Å². The lowest BCUT2D eigenvalue weighted by molar-refractivity contribution is 0.238. The first kappa shape index (κ1) is 16.1. The molecular formula is C19H23N5O. The molecule has 0 amide bonds. The van der Waals surface area contributed by atoms with Gasteiger partial charge in [0.25, 0.3) is 5.56 Å². The Morgan fingerprint density at radius 3 is 2.92 bits per heavy atom. The van der Waals surface area contributed by atoms with Crippen LogP contribution >= 0.6 is 0 Å². The number of pyridine rings is 1. The third kappa shape index (κ3) is 3.54. The van der Waals surface area contributed by atoms with Crippen molar-refractivity contribution in [1.82, 2.24) is 19.9 Å². The molecule has 0 atom stereocenters. The van der Waals surface area contributed by atoms with E-state index in [1.165, 1.54) is 0 Å². The Bertz CT molecular complexity index is 870. The van der Waals surface area contributed by atoms with Crippen LogP contribution in [0.3, 0.4) is 0 Å². The zero-order valence-corrected chi connectivity index (χ0v) is 14.6. The maximum absolute atomic E-state index is 12.6. The molecule has 0 bridgehead atoms. The zero-order chi connectivity index (χ0) is 17.2. The van der Waals surface area contributed by atoms with E-state index in [0.717, 1.165) is 73.7 Å². The van der Waals surface area contributed by atoms with E-state index in [4.69, 9.17) is 4.98 Å². The van der Waals surface area contributed by atoms with Crippen LogP contribution in [0.15, 0.2) is 28.0 Å². The van der Waals surface area contributed by atoms with Crippen molar-refractivity contribution >= 4 is 5.71 Å². The predicted octanol–water partition coefficient (Wildman–Crippen LogP) is 2.00. The normalized spacial score (nSPS) is 17.9. The van der Waals surface area contributed by atoms with E-state index in [-0.39, 0.29) is 5.56 Å².